The van der Waals surface area contributed by atoms with E-state index in [0.717, 1.165) is 10.9 Å². The number of aromatic nitrogens is 1. The molecule has 4 heteroatoms. The van der Waals surface area contributed by atoms with Crippen molar-refractivity contribution < 1.29 is 13.9 Å². The molecule has 1 aromatic carbocycles. The molecule has 0 aliphatic carbocycles. The molecule has 0 bridgehead atoms. The minimum atomic E-state index is -0.196. The fourth-order valence-electron chi connectivity index (χ4n) is 1.84. The van der Waals surface area contributed by atoms with E-state index in [4.69, 9.17) is 9.15 Å². The zero-order valence-corrected chi connectivity index (χ0v) is 10.1. The van der Waals surface area contributed by atoms with E-state index in [0.29, 0.717) is 11.5 Å². The van der Waals surface area contributed by atoms with Gasteiger partial charge >= 0.3 is 0 Å². The highest BCUT2D eigenvalue weighted by Crippen LogP contribution is 2.23. The van der Waals surface area contributed by atoms with Crippen LogP contribution < -0.4 is 4.74 Å². The largest absolute Gasteiger partial charge is 0.483 e. The lowest BCUT2D eigenvalue weighted by Crippen LogP contribution is -2.11. The van der Waals surface area contributed by atoms with Crippen LogP contribution in [0.15, 0.2) is 59.3 Å². The Labute approximate surface area is 109 Å². The van der Waals surface area contributed by atoms with Gasteiger partial charge in [0.15, 0.2) is 12.4 Å². The van der Waals surface area contributed by atoms with E-state index in [1.54, 1.807) is 24.4 Å². The van der Waals surface area contributed by atoms with E-state index in [-0.39, 0.29) is 12.4 Å². The van der Waals surface area contributed by atoms with Crippen LogP contribution in [0.4, 0.5) is 0 Å². The summed E-state index contributed by atoms with van der Waals surface area (Å²) in [6, 6.07) is 12.7. The molecule has 0 N–H and O–H groups in total. The smallest absolute Gasteiger partial charge is 0.235 e. The normalized spacial score (nSPS) is 10.5. The number of hydrogen-bond donors (Lipinski definition) is 0. The first kappa shape index (κ1) is 11.5. The van der Waals surface area contributed by atoms with Crippen molar-refractivity contribution in [1.29, 1.82) is 0 Å². The summed E-state index contributed by atoms with van der Waals surface area (Å²) in [6.45, 7) is -0.0663. The van der Waals surface area contributed by atoms with Gasteiger partial charge in [-0.05, 0) is 24.3 Å². The second-order valence-electron chi connectivity index (χ2n) is 4.02. The van der Waals surface area contributed by atoms with E-state index in [1.807, 2.05) is 24.3 Å². The molecule has 0 saturated heterocycles. The van der Waals surface area contributed by atoms with Gasteiger partial charge in [-0.3, -0.25) is 9.78 Å². The van der Waals surface area contributed by atoms with Crippen LogP contribution in [-0.2, 0) is 0 Å². The molecule has 3 aromatic rings. The van der Waals surface area contributed by atoms with Gasteiger partial charge in [-0.1, -0.05) is 18.2 Å². The van der Waals surface area contributed by atoms with Crippen LogP contribution in [0.1, 0.15) is 10.6 Å². The van der Waals surface area contributed by atoms with Crippen LogP contribution >= 0.6 is 0 Å². The van der Waals surface area contributed by atoms with Gasteiger partial charge in [-0.15, -0.1) is 0 Å². The Morgan fingerprint density at radius 1 is 1.16 bits per heavy atom. The predicted octanol–water partition coefficient (Wildman–Crippen LogP) is 3.09. The number of para-hydroxylation sites is 1. The fraction of sp³-hybridized carbons (Fsp3) is 0.0667. The van der Waals surface area contributed by atoms with E-state index in [9.17, 15) is 4.79 Å². The van der Waals surface area contributed by atoms with Crippen LogP contribution in [-0.4, -0.2) is 17.4 Å². The molecule has 0 amide bonds. The molecular weight excluding hydrogens is 242 g/mol. The van der Waals surface area contributed by atoms with E-state index in [1.165, 1.54) is 6.26 Å². The summed E-state index contributed by atoms with van der Waals surface area (Å²) in [5.74, 6) is 0.698. The Hall–Kier alpha value is -2.62. The maximum absolute atomic E-state index is 11.8. The number of rotatable bonds is 4. The third-order valence-corrected chi connectivity index (χ3v) is 2.75. The average molecular weight is 253 g/mol. The molecular formula is C15H11NO3. The van der Waals surface area contributed by atoms with Gasteiger partial charge < -0.3 is 9.15 Å². The molecule has 3 rings (SSSR count). The maximum atomic E-state index is 11.8. The van der Waals surface area contributed by atoms with Crippen molar-refractivity contribution in [2.75, 3.05) is 6.61 Å². The van der Waals surface area contributed by atoms with Gasteiger partial charge in [0.25, 0.3) is 0 Å². The molecule has 0 saturated carbocycles. The summed E-state index contributed by atoms with van der Waals surface area (Å²) >= 11 is 0. The van der Waals surface area contributed by atoms with Gasteiger partial charge in [0.1, 0.15) is 11.3 Å². The van der Waals surface area contributed by atoms with Crippen molar-refractivity contribution in [3.63, 3.8) is 0 Å². The Kier molecular flexibility index (Phi) is 2.98. The minimum absolute atomic E-state index is 0.0663. The standard InChI is InChI=1S/C15H11NO3/c17-12(13-7-3-9-18-13)10-19-14-6-1-4-11-5-2-8-16-15(11)14/h1-9H,10H2. The zero-order valence-electron chi connectivity index (χ0n) is 10.1. The molecule has 0 fully saturated rings. The number of pyridine rings is 1. The lowest BCUT2D eigenvalue weighted by atomic mass is 10.2. The van der Waals surface area contributed by atoms with Crippen LogP contribution in [0.2, 0.25) is 0 Å². The number of fused-ring (bicyclic) bond motifs is 1. The summed E-state index contributed by atoms with van der Waals surface area (Å²) in [6.07, 6.45) is 3.16. The number of ether oxygens (including phenoxy) is 1. The van der Waals surface area contributed by atoms with E-state index >= 15 is 0 Å². The molecule has 2 heterocycles. The number of ketones is 1. The molecule has 0 unspecified atom stereocenters. The maximum Gasteiger partial charge on any atom is 0.235 e. The lowest BCUT2D eigenvalue weighted by Gasteiger charge is -2.06. The lowest BCUT2D eigenvalue weighted by molar-refractivity contribution is 0.0895. The van der Waals surface area contributed by atoms with E-state index < -0.39 is 0 Å². The van der Waals surface area contributed by atoms with Gasteiger partial charge in [0, 0.05) is 11.6 Å². The second-order valence-corrected chi connectivity index (χ2v) is 4.02. The van der Waals surface area contributed by atoms with Gasteiger partial charge in [0.2, 0.25) is 5.78 Å². The molecule has 0 radical (unpaired) electrons. The quantitative estimate of drug-likeness (QED) is 0.670. The summed E-state index contributed by atoms with van der Waals surface area (Å²) in [5.41, 5.74) is 0.747. The number of furan rings is 1. The first-order valence-electron chi connectivity index (χ1n) is 5.88. The van der Waals surface area contributed by atoms with Crippen molar-refractivity contribution in [2.45, 2.75) is 0 Å². The van der Waals surface area contributed by atoms with Gasteiger partial charge in [-0.2, -0.15) is 0 Å². The van der Waals surface area contributed by atoms with Crippen LogP contribution in [0.25, 0.3) is 10.9 Å². The van der Waals surface area contributed by atoms with Gasteiger partial charge in [0.05, 0.1) is 6.26 Å². The summed E-state index contributed by atoms with van der Waals surface area (Å²) in [4.78, 5) is 16.0. The molecule has 0 atom stereocenters. The fourth-order valence-corrected chi connectivity index (χ4v) is 1.84. The van der Waals surface area contributed by atoms with Crippen molar-refractivity contribution >= 4 is 16.7 Å². The van der Waals surface area contributed by atoms with Crippen molar-refractivity contribution in [2.24, 2.45) is 0 Å². The Bertz CT molecular complexity index is 699. The van der Waals surface area contributed by atoms with Crippen LogP contribution in [0.3, 0.4) is 0 Å². The summed E-state index contributed by atoms with van der Waals surface area (Å²) in [7, 11) is 0. The first-order chi connectivity index (χ1) is 9.34. The summed E-state index contributed by atoms with van der Waals surface area (Å²) in [5, 5.41) is 0.977. The molecule has 94 valence electrons. The first-order valence-corrected chi connectivity index (χ1v) is 5.88. The molecule has 4 nitrogen and oxygen atoms in total. The SMILES string of the molecule is O=C(COc1cccc2cccnc12)c1ccco1. The highest BCUT2D eigenvalue weighted by molar-refractivity contribution is 5.95. The van der Waals surface area contributed by atoms with Crippen molar-refractivity contribution in [1.82, 2.24) is 4.98 Å². The monoisotopic (exact) mass is 253 g/mol. The molecule has 0 aliphatic heterocycles. The van der Waals surface area contributed by atoms with Gasteiger partial charge in [-0.25, -0.2) is 0 Å². The number of carbonyl (C=O) groups excluding carboxylic acids is 1. The predicted molar refractivity (Wildman–Crippen MR) is 70.3 cm³/mol. The highest BCUT2D eigenvalue weighted by atomic mass is 16.5. The molecule has 0 aliphatic rings. The Morgan fingerprint density at radius 3 is 2.89 bits per heavy atom. The Morgan fingerprint density at radius 2 is 2.05 bits per heavy atom. The average Bonchev–Trinajstić information content (AvgIpc) is 2.99. The van der Waals surface area contributed by atoms with Crippen molar-refractivity contribution in [3.05, 3.63) is 60.7 Å². The number of nitrogens with zero attached hydrogens (tertiary/aromatic N) is 1. The van der Waals surface area contributed by atoms with Crippen molar-refractivity contribution in [3.8, 4) is 5.75 Å². The third-order valence-electron chi connectivity index (χ3n) is 2.75. The van der Waals surface area contributed by atoms with Crippen LogP contribution in [0, 0.1) is 0 Å². The van der Waals surface area contributed by atoms with Crippen LogP contribution in [0.5, 0.6) is 5.75 Å². The highest BCUT2D eigenvalue weighted by Gasteiger charge is 2.10. The summed E-state index contributed by atoms with van der Waals surface area (Å²) < 4.78 is 10.6. The topological polar surface area (TPSA) is 52.3 Å². The number of hydrogen-bond acceptors (Lipinski definition) is 4. The third kappa shape index (κ3) is 2.33. The molecule has 2 aromatic heterocycles. The zero-order chi connectivity index (χ0) is 13.1. The number of Topliss-reactive ketones (excluding diaryl/α,β-unsaturated/α-hetero) is 1. The number of benzene rings is 1. The second kappa shape index (κ2) is 4.94. The molecule has 19 heavy (non-hydrogen) atoms. The van der Waals surface area contributed by atoms with E-state index in [2.05, 4.69) is 4.98 Å². The Balaban J connectivity index is 1.81. The minimum Gasteiger partial charge on any atom is -0.483 e. The number of carbonyl (C=O) groups is 1. The molecule has 0 spiro atoms.